The van der Waals surface area contributed by atoms with Gasteiger partial charge in [0.25, 0.3) is 0 Å². The Morgan fingerprint density at radius 3 is 3.14 bits per heavy atom. The number of hydrogen-bond acceptors (Lipinski definition) is 4. The largest absolute Gasteiger partial charge is 0.354 e. The highest BCUT2D eigenvalue weighted by Gasteiger charge is 2.31. The van der Waals surface area contributed by atoms with E-state index < -0.39 is 0 Å². The number of hydrogen-bond donors (Lipinski definition) is 1. The van der Waals surface area contributed by atoms with Crippen LogP contribution in [0.4, 0.5) is 5.82 Å². The molecule has 0 radical (unpaired) electrons. The number of rotatable bonds is 5. The Labute approximate surface area is 132 Å². The van der Waals surface area contributed by atoms with Gasteiger partial charge in [-0.25, -0.2) is 4.98 Å². The molecule has 1 unspecified atom stereocenters. The van der Waals surface area contributed by atoms with Crippen LogP contribution in [0.2, 0.25) is 5.02 Å². The van der Waals surface area contributed by atoms with Gasteiger partial charge >= 0.3 is 0 Å². The smallest absolute Gasteiger partial charge is 0.129 e. The number of nitrogens with zero attached hydrogens (tertiary/aromatic N) is 3. The van der Waals surface area contributed by atoms with E-state index in [0.717, 1.165) is 55.0 Å². The first kappa shape index (κ1) is 15.1. The lowest BCUT2D eigenvalue weighted by Gasteiger charge is -2.38. The molecule has 0 aliphatic carbocycles. The predicted molar refractivity (Wildman–Crippen MR) is 88.1 cm³/mol. The van der Waals surface area contributed by atoms with E-state index in [1.807, 2.05) is 0 Å². The van der Waals surface area contributed by atoms with E-state index in [0.29, 0.717) is 0 Å². The number of aromatic nitrogens is 1. The van der Waals surface area contributed by atoms with Crippen molar-refractivity contribution < 1.29 is 0 Å². The third-order valence-corrected chi connectivity index (χ3v) is 4.91. The van der Waals surface area contributed by atoms with Crippen molar-refractivity contribution in [3.05, 3.63) is 22.8 Å². The molecule has 116 valence electrons. The average molecular weight is 309 g/mol. The molecule has 0 spiro atoms. The summed E-state index contributed by atoms with van der Waals surface area (Å²) in [5.41, 5.74) is 1.16. The Bertz CT molecular complexity index is 479. The molecule has 1 aromatic rings. The fraction of sp³-hybridized carbons (Fsp3) is 0.688. The van der Waals surface area contributed by atoms with E-state index in [9.17, 15) is 0 Å². The first-order chi connectivity index (χ1) is 10.3. The molecule has 1 aromatic heterocycles. The van der Waals surface area contributed by atoms with Crippen LogP contribution in [0, 0.1) is 0 Å². The third-order valence-electron chi connectivity index (χ3n) is 4.57. The highest BCUT2D eigenvalue weighted by molar-refractivity contribution is 6.31. The fourth-order valence-electron chi connectivity index (χ4n) is 3.38. The fourth-order valence-corrected chi connectivity index (χ4v) is 3.55. The quantitative estimate of drug-likeness (QED) is 0.847. The normalized spacial score (nSPS) is 22.6. The van der Waals surface area contributed by atoms with Crippen LogP contribution < -0.4 is 10.2 Å². The first-order valence-electron chi connectivity index (χ1n) is 8.12. The minimum atomic E-state index is 0.720. The molecule has 2 fully saturated rings. The Hall–Kier alpha value is -0.840. The van der Waals surface area contributed by atoms with Gasteiger partial charge in [0.2, 0.25) is 0 Å². The molecule has 2 aliphatic rings. The lowest BCUT2D eigenvalue weighted by Crippen LogP contribution is -2.50. The number of halogens is 1. The van der Waals surface area contributed by atoms with Crippen LogP contribution in [-0.2, 0) is 6.54 Å². The van der Waals surface area contributed by atoms with Crippen molar-refractivity contribution in [3.8, 4) is 0 Å². The third kappa shape index (κ3) is 3.50. The van der Waals surface area contributed by atoms with Crippen molar-refractivity contribution in [2.45, 2.75) is 38.8 Å². The van der Waals surface area contributed by atoms with Gasteiger partial charge in [-0.05, 0) is 44.0 Å². The van der Waals surface area contributed by atoms with Crippen molar-refractivity contribution in [2.75, 3.05) is 37.6 Å². The molecular formula is C16H25ClN4. The zero-order valence-electron chi connectivity index (χ0n) is 12.8. The monoisotopic (exact) mass is 308 g/mol. The predicted octanol–water partition coefficient (Wildman–Crippen LogP) is 2.52. The molecule has 0 aromatic carbocycles. The summed E-state index contributed by atoms with van der Waals surface area (Å²) >= 11 is 6.27. The van der Waals surface area contributed by atoms with E-state index in [2.05, 4.69) is 33.1 Å². The Morgan fingerprint density at radius 2 is 2.29 bits per heavy atom. The van der Waals surface area contributed by atoms with Gasteiger partial charge < -0.3 is 10.2 Å². The maximum atomic E-state index is 6.27. The SMILES string of the molecule is CCCNCc1cc(N2CCN3CCCC3C2)ncc1Cl. The van der Waals surface area contributed by atoms with Crippen LogP contribution in [0.5, 0.6) is 0 Å². The van der Waals surface area contributed by atoms with Gasteiger partial charge in [0.15, 0.2) is 0 Å². The van der Waals surface area contributed by atoms with Gasteiger partial charge in [-0.15, -0.1) is 0 Å². The van der Waals surface area contributed by atoms with E-state index in [1.54, 1.807) is 6.20 Å². The van der Waals surface area contributed by atoms with Gasteiger partial charge in [-0.3, -0.25) is 4.90 Å². The van der Waals surface area contributed by atoms with Crippen LogP contribution >= 0.6 is 11.6 Å². The zero-order chi connectivity index (χ0) is 14.7. The minimum absolute atomic E-state index is 0.720. The molecule has 21 heavy (non-hydrogen) atoms. The second-order valence-electron chi connectivity index (χ2n) is 6.09. The van der Waals surface area contributed by atoms with Crippen molar-refractivity contribution in [2.24, 2.45) is 0 Å². The maximum Gasteiger partial charge on any atom is 0.129 e. The molecular weight excluding hydrogens is 284 g/mol. The van der Waals surface area contributed by atoms with Gasteiger partial charge in [-0.1, -0.05) is 18.5 Å². The summed E-state index contributed by atoms with van der Waals surface area (Å²) in [4.78, 5) is 9.60. The van der Waals surface area contributed by atoms with E-state index in [-0.39, 0.29) is 0 Å². The van der Waals surface area contributed by atoms with Crippen molar-refractivity contribution >= 4 is 17.4 Å². The second-order valence-corrected chi connectivity index (χ2v) is 6.50. The molecule has 0 bridgehead atoms. The van der Waals surface area contributed by atoms with Crippen molar-refractivity contribution in [3.63, 3.8) is 0 Å². The molecule has 2 saturated heterocycles. The molecule has 0 saturated carbocycles. The highest BCUT2D eigenvalue weighted by Crippen LogP contribution is 2.26. The number of nitrogens with one attached hydrogen (secondary N) is 1. The number of anilines is 1. The topological polar surface area (TPSA) is 31.4 Å². The standard InChI is InChI=1S/C16H25ClN4/c1-2-5-18-10-13-9-16(19-11-15(13)17)21-8-7-20-6-3-4-14(20)12-21/h9,11,14,18H,2-8,10,12H2,1H3. The molecule has 5 heteroatoms. The first-order valence-corrected chi connectivity index (χ1v) is 8.50. The number of pyridine rings is 1. The molecule has 1 N–H and O–H groups in total. The summed E-state index contributed by atoms with van der Waals surface area (Å²) in [6, 6.07) is 2.88. The Balaban J connectivity index is 1.68. The van der Waals surface area contributed by atoms with Gasteiger partial charge in [-0.2, -0.15) is 0 Å². The lowest BCUT2D eigenvalue weighted by molar-refractivity contribution is 0.230. The van der Waals surface area contributed by atoms with Crippen LogP contribution in [0.25, 0.3) is 0 Å². The molecule has 4 nitrogen and oxygen atoms in total. The van der Waals surface area contributed by atoms with Crippen LogP contribution in [0.1, 0.15) is 31.7 Å². The average Bonchev–Trinajstić information content (AvgIpc) is 2.97. The van der Waals surface area contributed by atoms with Crippen LogP contribution in [0.3, 0.4) is 0 Å². The molecule has 0 amide bonds. The molecule has 2 aliphatic heterocycles. The van der Waals surface area contributed by atoms with Crippen LogP contribution in [-0.4, -0.2) is 48.6 Å². The van der Waals surface area contributed by atoms with E-state index >= 15 is 0 Å². The number of piperazine rings is 1. The molecule has 1 atom stereocenters. The summed E-state index contributed by atoms with van der Waals surface area (Å²) in [6.07, 6.45) is 5.62. The summed E-state index contributed by atoms with van der Waals surface area (Å²) in [6.45, 7) is 8.65. The van der Waals surface area contributed by atoms with Crippen molar-refractivity contribution in [1.29, 1.82) is 0 Å². The van der Waals surface area contributed by atoms with Gasteiger partial charge in [0.1, 0.15) is 5.82 Å². The maximum absolute atomic E-state index is 6.27. The summed E-state index contributed by atoms with van der Waals surface area (Å²) < 4.78 is 0. The molecule has 3 heterocycles. The molecule has 3 rings (SSSR count). The Kier molecular flexibility index (Phi) is 4.99. The van der Waals surface area contributed by atoms with E-state index in [1.165, 1.54) is 25.9 Å². The summed E-state index contributed by atoms with van der Waals surface area (Å²) in [5.74, 6) is 1.08. The van der Waals surface area contributed by atoms with E-state index in [4.69, 9.17) is 11.6 Å². The minimum Gasteiger partial charge on any atom is -0.354 e. The van der Waals surface area contributed by atoms with Crippen molar-refractivity contribution in [1.82, 2.24) is 15.2 Å². The van der Waals surface area contributed by atoms with Crippen LogP contribution in [0.15, 0.2) is 12.3 Å². The summed E-state index contributed by atoms with van der Waals surface area (Å²) in [5, 5.41) is 4.19. The lowest BCUT2D eigenvalue weighted by atomic mass is 10.1. The Morgan fingerprint density at radius 1 is 1.38 bits per heavy atom. The summed E-state index contributed by atoms with van der Waals surface area (Å²) in [7, 11) is 0. The van der Waals surface area contributed by atoms with Gasteiger partial charge in [0.05, 0.1) is 5.02 Å². The second kappa shape index (κ2) is 6.95. The van der Waals surface area contributed by atoms with Gasteiger partial charge in [0, 0.05) is 38.4 Å². The highest BCUT2D eigenvalue weighted by atomic mass is 35.5. The number of fused-ring (bicyclic) bond motifs is 1. The zero-order valence-corrected chi connectivity index (χ0v) is 13.6.